The van der Waals surface area contributed by atoms with Crippen LogP contribution in [0.5, 0.6) is 5.75 Å². The highest BCUT2D eigenvalue weighted by atomic mass is 35.5. The summed E-state index contributed by atoms with van der Waals surface area (Å²) in [5.74, 6) is 0.0194. The molecule has 0 spiro atoms. The summed E-state index contributed by atoms with van der Waals surface area (Å²) in [6, 6.07) is 7.44. The Labute approximate surface area is 132 Å². The van der Waals surface area contributed by atoms with Crippen molar-refractivity contribution < 1.29 is 17.9 Å². The molecule has 114 valence electrons. The highest BCUT2D eigenvalue weighted by molar-refractivity contribution is 7.90. The lowest BCUT2D eigenvalue weighted by atomic mass is 10.1. The van der Waals surface area contributed by atoms with Gasteiger partial charge in [-0.15, -0.1) is 0 Å². The number of carbonyl (C=O) groups is 1. The molecule has 22 heavy (non-hydrogen) atoms. The molecule has 0 fully saturated rings. The maximum atomic E-state index is 12.1. The summed E-state index contributed by atoms with van der Waals surface area (Å²) in [5.41, 5.74) is 1.15. The number of nitrogens with zero attached hydrogens (tertiary/aromatic N) is 1. The fourth-order valence-electron chi connectivity index (χ4n) is 2.09. The minimum Gasteiger partial charge on any atom is -0.493 e. The van der Waals surface area contributed by atoms with Crippen molar-refractivity contribution in [3.8, 4) is 5.75 Å². The lowest BCUT2D eigenvalue weighted by molar-refractivity contribution is 0.0981. The fourth-order valence-corrected chi connectivity index (χ4v) is 3.12. The van der Waals surface area contributed by atoms with Crippen molar-refractivity contribution in [1.29, 1.82) is 0 Å². The van der Waals surface area contributed by atoms with E-state index in [9.17, 15) is 13.2 Å². The Hall–Kier alpha value is -2.12. The van der Waals surface area contributed by atoms with Gasteiger partial charge < -0.3 is 4.74 Å². The topological polar surface area (TPSA) is 85.4 Å². The number of amides is 1. The van der Waals surface area contributed by atoms with Crippen molar-refractivity contribution >= 4 is 27.5 Å². The molecule has 1 aromatic heterocycles. The molecule has 0 unspecified atom stereocenters. The number of fused-ring (bicyclic) bond motifs is 1. The van der Waals surface area contributed by atoms with Gasteiger partial charge in [-0.2, -0.15) is 0 Å². The van der Waals surface area contributed by atoms with E-state index in [1.807, 2.05) is 4.72 Å². The lowest BCUT2D eigenvalue weighted by Gasteiger charge is -2.07. The quantitative estimate of drug-likeness (QED) is 0.862. The van der Waals surface area contributed by atoms with Gasteiger partial charge in [0.25, 0.3) is 15.9 Å². The molecule has 1 aliphatic rings. The average Bonchev–Trinajstić information content (AvgIpc) is 2.94. The SMILES string of the molecule is O=C(NS(=O)(=O)c1ccc(Cl)nc1)c1ccc2c(c1)CCO2. The first kappa shape index (κ1) is 14.8. The smallest absolute Gasteiger partial charge is 0.265 e. The molecule has 1 amide bonds. The number of hydrogen-bond donors (Lipinski definition) is 1. The number of hydrogen-bond acceptors (Lipinski definition) is 5. The zero-order chi connectivity index (χ0) is 15.7. The molecule has 0 radical (unpaired) electrons. The van der Waals surface area contributed by atoms with Gasteiger partial charge in [-0.3, -0.25) is 4.79 Å². The summed E-state index contributed by atoms with van der Waals surface area (Å²) in [7, 11) is -3.99. The first-order valence-corrected chi connectivity index (χ1v) is 8.26. The third-order valence-corrected chi connectivity index (χ3v) is 4.73. The molecule has 3 rings (SSSR count). The number of carbonyl (C=O) groups excluding carboxylic acids is 1. The summed E-state index contributed by atoms with van der Waals surface area (Å²) in [4.78, 5) is 15.7. The van der Waals surface area contributed by atoms with Gasteiger partial charge >= 0.3 is 0 Å². The Morgan fingerprint density at radius 3 is 2.82 bits per heavy atom. The number of sulfonamides is 1. The standard InChI is InChI=1S/C14H11ClN2O4S/c15-13-4-2-11(8-16-13)22(19,20)17-14(18)10-1-3-12-9(7-10)5-6-21-12/h1-4,7-8H,5-6H2,(H,17,18). The average molecular weight is 339 g/mol. The van der Waals surface area contributed by atoms with Gasteiger partial charge in [-0.1, -0.05) is 11.6 Å². The number of pyridine rings is 1. The number of benzene rings is 1. The molecule has 0 saturated heterocycles. The van der Waals surface area contributed by atoms with E-state index in [1.165, 1.54) is 18.2 Å². The first-order chi connectivity index (χ1) is 10.5. The van der Waals surface area contributed by atoms with Gasteiger partial charge in [0.1, 0.15) is 15.8 Å². The monoisotopic (exact) mass is 338 g/mol. The van der Waals surface area contributed by atoms with Crippen LogP contribution in [-0.2, 0) is 16.4 Å². The molecule has 2 aromatic rings. The van der Waals surface area contributed by atoms with Crippen LogP contribution in [0.4, 0.5) is 0 Å². The molecule has 1 aliphatic heterocycles. The summed E-state index contributed by atoms with van der Waals surface area (Å²) in [6.45, 7) is 0.565. The van der Waals surface area contributed by atoms with Crippen molar-refractivity contribution in [3.05, 3.63) is 52.8 Å². The van der Waals surface area contributed by atoms with Crippen LogP contribution in [0.25, 0.3) is 0 Å². The number of nitrogens with one attached hydrogen (secondary N) is 1. The van der Waals surface area contributed by atoms with Gasteiger partial charge in [0.15, 0.2) is 0 Å². The van der Waals surface area contributed by atoms with E-state index < -0.39 is 15.9 Å². The zero-order valence-corrected chi connectivity index (χ0v) is 12.8. The number of aromatic nitrogens is 1. The van der Waals surface area contributed by atoms with Crippen molar-refractivity contribution in [1.82, 2.24) is 9.71 Å². The predicted octanol–water partition coefficient (Wildman–Crippen LogP) is 1.79. The highest BCUT2D eigenvalue weighted by Gasteiger charge is 2.21. The number of halogens is 1. The molecule has 1 N–H and O–H groups in total. The van der Waals surface area contributed by atoms with E-state index in [0.717, 1.165) is 17.5 Å². The van der Waals surface area contributed by atoms with Crippen molar-refractivity contribution in [2.45, 2.75) is 11.3 Å². The predicted molar refractivity (Wildman–Crippen MR) is 79.5 cm³/mol. The Morgan fingerprint density at radius 2 is 2.09 bits per heavy atom. The van der Waals surface area contributed by atoms with Crippen LogP contribution in [0, 0.1) is 0 Å². The third-order valence-electron chi connectivity index (χ3n) is 3.19. The fraction of sp³-hybridized carbons (Fsp3) is 0.143. The Kier molecular flexibility index (Phi) is 3.76. The van der Waals surface area contributed by atoms with Crippen molar-refractivity contribution in [2.75, 3.05) is 6.61 Å². The second-order valence-electron chi connectivity index (χ2n) is 4.67. The van der Waals surface area contributed by atoms with Gasteiger partial charge in [-0.05, 0) is 35.9 Å². The number of ether oxygens (including phenoxy) is 1. The minimum atomic E-state index is -3.99. The van der Waals surface area contributed by atoms with E-state index in [2.05, 4.69) is 4.98 Å². The van der Waals surface area contributed by atoms with Crippen LogP contribution in [-0.4, -0.2) is 25.9 Å². The normalized spacial score (nSPS) is 13.3. The zero-order valence-electron chi connectivity index (χ0n) is 11.2. The Balaban J connectivity index is 1.83. The molecular formula is C14H11ClN2O4S. The van der Waals surface area contributed by atoms with Gasteiger partial charge in [0.05, 0.1) is 6.61 Å². The molecule has 2 heterocycles. The molecular weight excluding hydrogens is 328 g/mol. The van der Waals surface area contributed by atoms with Crippen molar-refractivity contribution in [3.63, 3.8) is 0 Å². The van der Waals surface area contributed by atoms with Gasteiger partial charge in [0.2, 0.25) is 0 Å². The lowest BCUT2D eigenvalue weighted by Crippen LogP contribution is -2.30. The summed E-state index contributed by atoms with van der Waals surface area (Å²) < 4.78 is 31.6. The maximum Gasteiger partial charge on any atom is 0.265 e. The summed E-state index contributed by atoms with van der Waals surface area (Å²) >= 11 is 5.61. The molecule has 0 aliphatic carbocycles. The van der Waals surface area contributed by atoms with Crippen LogP contribution < -0.4 is 9.46 Å². The first-order valence-electron chi connectivity index (χ1n) is 6.40. The molecule has 0 bridgehead atoms. The van der Waals surface area contributed by atoms with Gasteiger partial charge in [-0.25, -0.2) is 18.1 Å². The molecule has 1 aromatic carbocycles. The molecule has 6 nitrogen and oxygen atoms in total. The third kappa shape index (κ3) is 2.90. The van der Waals surface area contributed by atoms with E-state index in [4.69, 9.17) is 16.3 Å². The van der Waals surface area contributed by atoms with Crippen LogP contribution >= 0.6 is 11.6 Å². The molecule has 0 atom stereocenters. The Morgan fingerprint density at radius 1 is 1.27 bits per heavy atom. The summed E-state index contributed by atoms with van der Waals surface area (Å²) in [6.07, 6.45) is 1.79. The van der Waals surface area contributed by atoms with Gasteiger partial charge in [0, 0.05) is 18.2 Å². The van der Waals surface area contributed by atoms with Crippen molar-refractivity contribution in [2.24, 2.45) is 0 Å². The molecule has 8 heteroatoms. The van der Waals surface area contributed by atoms with E-state index >= 15 is 0 Å². The maximum absolute atomic E-state index is 12.1. The number of rotatable bonds is 3. The van der Waals surface area contributed by atoms with Crippen LogP contribution in [0.3, 0.4) is 0 Å². The van der Waals surface area contributed by atoms with Crippen LogP contribution in [0.1, 0.15) is 15.9 Å². The minimum absolute atomic E-state index is 0.130. The highest BCUT2D eigenvalue weighted by Crippen LogP contribution is 2.26. The van der Waals surface area contributed by atoms with Crippen LogP contribution in [0.15, 0.2) is 41.4 Å². The van der Waals surface area contributed by atoms with E-state index in [1.54, 1.807) is 12.1 Å². The second kappa shape index (κ2) is 5.58. The Bertz CT molecular complexity index is 834. The van der Waals surface area contributed by atoms with E-state index in [-0.39, 0.29) is 15.6 Å². The summed E-state index contributed by atoms with van der Waals surface area (Å²) in [5, 5.41) is 0.170. The molecule has 0 saturated carbocycles. The van der Waals surface area contributed by atoms with Crippen LogP contribution in [0.2, 0.25) is 5.15 Å². The van der Waals surface area contributed by atoms with E-state index in [0.29, 0.717) is 13.0 Å². The second-order valence-corrected chi connectivity index (χ2v) is 6.74. The largest absolute Gasteiger partial charge is 0.493 e.